The maximum Gasteiger partial charge on any atom is 0.410 e. The highest BCUT2D eigenvalue weighted by molar-refractivity contribution is 6.08. The number of aromatic nitrogens is 2. The Morgan fingerprint density at radius 1 is 0.959 bits per heavy atom. The van der Waals surface area contributed by atoms with Crippen molar-refractivity contribution in [2.75, 3.05) is 39.4 Å². The second-order valence-corrected chi connectivity index (χ2v) is 14.5. The predicted molar refractivity (Wildman–Crippen MR) is 189 cm³/mol. The third-order valence-corrected chi connectivity index (χ3v) is 10.00. The summed E-state index contributed by atoms with van der Waals surface area (Å²) in [7, 11) is 0. The average molecular weight is 669 g/mol. The van der Waals surface area contributed by atoms with Crippen molar-refractivity contribution in [1.82, 2.24) is 19.4 Å². The standard InChI is InChI=1S/C39H48N4O6/c1-25-30(14-15-33(44)45)26(2)40-36-34(25)31-8-6-7-9-32(31)43(36)24-27-10-12-28(13-11-27)35(29-16-22-48-23-17-29)37(46)41-18-20-42(21-19-41)38(47)49-39(3,4)5/h6-13,29,35H,14-24H2,1-5H3,(H,44,45). The summed E-state index contributed by atoms with van der Waals surface area (Å²) < 4.78 is 13.5. The van der Waals surface area contributed by atoms with Gasteiger partial charge in [0.15, 0.2) is 0 Å². The number of carbonyl (C=O) groups excluding carboxylic acids is 2. The van der Waals surface area contributed by atoms with E-state index in [1.165, 1.54) is 0 Å². The molecule has 2 fully saturated rings. The first-order chi connectivity index (χ1) is 23.4. The summed E-state index contributed by atoms with van der Waals surface area (Å²) in [5.41, 5.74) is 6.44. The highest BCUT2D eigenvalue weighted by atomic mass is 16.6. The number of nitrogens with zero attached hydrogens (tertiary/aromatic N) is 4. The fraction of sp³-hybridized carbons (Fsp3) is 0.487. The van der Waals surface area contributed by atoms with Crippen LogP contribution in [0, 0.1) is 19.8 Å². The molecule has 2 aliphatic rings. The van der Waals surface area contributed by atoms with Crippen molar-refractivity contribution >= 4 is 39.9 Å². The van der Waals surface area contributed by atoms with Crippen LogP contribution in [-0.4, -0.2) is 87.4 Å². The second-order valence-electron chi connectivity index (χ2n) is 14.5. The van der Waals surface area contributed by atoms with Gasteiger partial charge in [0.25, 0.3) is 0 Å². The Labute approximate surface area is 288 Å². The van der Waals surface area contributed by atoms with Crippen LogP contribution >= 0.6 is 0 Å². The van der Waals surface area contributed by atoms with Crippen LogP contribution in [0.2, 0.25) is 0 Å². The molecule has 4 aromatic rings. The Morgan fingerprint density at radius 2 is 1.61 bits per heavy atom. The fourth-order valence-electron chi connectivity index (χ4n) is 7.50. The van der Waals surface area contributed by atoms with E-state index < -0.39 is 11.6 Å². The monoisotopic (exact) mass is 668 g/mol. The van der Waals surface area contributed by atoms with Gasteiger partial charge in [-0.1, -0.05) is 42.5 Å². The number of amides is 2. The van der Waals surface area contributed by atoms with Crippen LogP contribution in [0.3, 0.4) is 0 Å². The van der Waals surface area contributed by atoms with Crippen molar-refractivity contribution < 1.29 is 29.0 Å². The molecule has 0 aliphatic carbocycles. The average Bonchev–Trinajstić information content (AvgIpc) is 3.38. The number of piperazine rings is 1. The second kappa shape index (κ2) is 14.2. The maximum atomic E-state index is 14.2. The molecule has 0 radical (unpaired) electrons. The van der Waals surface area contributed by atoms with Crippen LogP contribution in [-0.2, 0) is 32.0 Å². The number of fused-ring (bicyclic) bond motifs is 3. The van der Waals surface area contributed by atoms with Gasteiger partial charge < -0.3 is 28.9 Å². The van der Waals surface area contributed by atoms with E-state index in [2.05, 4.69) is 47.9 Å². The summed E-state index contributed by atoms with van der Waals surface area (Å²) in [6, 6.07) is 16.7. The highest BCUT2D eigenvalue weighted by Gasteiger charge is 2.36. The lowest BCUT2D eigenvalue weighted by atomic mass is 9.80. The molecule has 2 amide bonds. The number of benzene rings is 2. The van der Waals surface area contributed by atoms with Crippen molar-refractivity contribution in [3.8, 4) is 0 Å². The molecule has 2 aromatic heterocycles. The number of ether oxygens (including phenoxy) is 2. The largest absolute Gasteiger partial charge is 0.481 e. The minimum Gasteiger partial charge on any atom is -0.481 e. The van der Waals surface area contributed by atoms with E-state index in [1.54, 1.807) is 4.90 Å². The topological polar surface area (TPSA) is 114 Å². The zero-order chi connectivity index (χ0) is 34.9. The zero-order valence-corrected chi connectivity index (χ0v) is 29.3. The van der Waals surface area contributed by atoms with Crippen LogP contribution in [0.15, 0.2) is 48.5 Å². The summed E-state index contributed by atoms with van der Waals surface area (Å²) in [6.07, 6.45) is 1.84. The van der Waals surface area contributed by atoms with Crippen molar-refractivity contribution in [2.45, 2.75) is 78.4 Å². The van der Waals surface area contributed by atoms with E-state index in [-0.39, 0.29) is 30.3 Å². The Hall–Kier alpha value is -4.44. The molecule has 10 heteroatoms. The lowest BCUT2D eigenvalue weighted by Gasteiger charge is -2.39. The highest BCUT2D eigenvalue weighted by Crippen LogP contribution is 2.36. The first-order valence-electron chi connectivity index (χ1n) is 17.4. The van der Waals surface area contributed by atoms with Gasteiger partial charge in [-0.05, 0) is 88.1 Å². The molecule has 2 saturated heterocycles. The molecule has 1 N–H and O–H groups in total. The predicted octanol–water partition coefficient (Wildman–Crippen LogP) is 6.46. The van der Waals surface area contributed by atoms with Crippen molar-refractivity contribution in [3.63, 3.8) is 0 Å². The Bertz CT molecular complexity index is 1840. The summed E-state index contributed by atoms with van der Waals surface area (Å²) in [5.74, 6) is -0.805. The summed E-state index contributed by atoms with van der Waals surface area (Å²) in [4.78, 5) is 46.9. The molecule has 6 rings (SSSR count). The molecule has 0 bridgehead atoms. The minimum absolute atomic E-state index is 0.0690. The molecule has 4 heterocycles. The molecule has 49 heavy (non-hydrogen) atoms. The van der Waals surface area contributed by atoms with Crippen molar-refractivity contribution in [1.29, 1.82) is 0 Å². The van der Waals surface area contributed by atoms with Crippen LogP contribution in [0.5, 0.6) is 0 Å². The number of hydrogen-bond acceptors (Lipinski definition) is 6. The normalized spacial score (nSPS) is 16.7. The molecular formula is C39H48N4O6. The molecule has 1 unspecified atom stereocenters. The summed E-state index contributed by atoms with van der Waals surface area (Å²) in [6.45, 7) is 13.4. The molecule has 2 aromatic carbocycles. The number of aryl methyl sites for hydroxylation is 2. The number of rotatable bonds is 8. The summed E-state index contributed by atoms with van der Waals surface area (Å²) >= 11 is 0. The van der Waals surface area contributed by atoms with E-state index in [1.807, 2.05) is 44.7 Å². The van der Waals surface area contributed by atoms with Gasteiger partial charge in [0.2, 0.25) is 5.91 Å². The fourth-order valence-corrected chi connectivity index (χ4v) is 7.50. The van der Waals surface area contributed by atoms with Gasteiger partial charge in [-0.2, -0.15) is 0 Å². The van der Waals surface area contributed by atoms with E-state index in [0.717, 1.165) is 62.7 Å². The van der Waals surface area contributed by atoms with Crippen LogP contribution in [0.4, 0.5) is 4.79 Å². The van der Waals surface area contributed by atoms with Gasteiger partial charge in [0.1, 0.15) is 11.2 Å². The maximum absolute atomic E-state index is 14.2. The lowest BCUT2D eigenvalue weighted by molar-refractivity contribution is -0.137. The molecule has 1 atom stereocenters. The number of carbonyl (C=O) groups is 3. The zero-order valence-electron chi connectivity index (χ0n) is 29.3. The van der Waals surface area contributed by atoms with Gasteiger partial charge in [0.05, 0.1) is 11.4 Å². The molecule has 260 valence electrons. The smallest absolute Gasteiger partial charge is 0.410 e. The van der Waals surface area contributed by atoms with E-state index in [9.17, 15) is 19.5 Å². The number of aliphatic carboxylic acids is 1. The first-order valence-corrected chi connectivity index (χ1v) is 17.4. The summed E-state index contributed by atoms with van der Waals surface area (Å²) in [5, 5.41) is 11.5. The SMILES string of the molecule is Cc1nc2c(c(C)c1CCC(=O)O)c1ccccc1n2Cc1ccc(C(C(=O)N2CCN(C(=O)OC(C)(C)C)CC2)C2CCOCC2)cc1. The van der Waals surface area contributed by atoms with Crippen LogP contribution < -0.4 is 0 Å². The third kappa shape index (κ3) is 7.44. The molecule has 0 spiro atoms. The molecule has 10 nitrogen and oxygen atoms in total. The van der Waals surface area contributed by atoms with Crippen LogP contribution in [0.25, 0.3) is 21.9 Å². The van der Waals surface area contributed by atoms with Crippen molar-refractivity contribution in [2.24, 2.45) is 5.92 Å². The van der Waals surface area contributed by atoms with Gasteiger partial charge in [-0.25, -0.2) is 9.78 Å². The van der Waals surface area contributed by atoms with E-state index in [4.69, 9.17) is 14.5 Å². The number of carboxylic acid groups (broad SMARTS) is 1. The van der Waals surface area contributed by atoms with Crippen LogP contribution in [0.1, 0.15) is 73.9 Å². The number of carboxylic acids is 1. The van der Waals surface area contributed by atoms with Gasteiger partial charge in [0, 0.05) is 68.8 Å². The Morgan fingerprint density at radius 3 is 2.27 bits per heavy atom. The molecule has 0 saturated carbocycles. The van der Waals surface area contributed by atoms with Crippen molar-refractivity contribution in [3.05, 3.63) is 76.5 Å². The Balaban J connectivity index is 1.25. The third-order valence-electron chi connectivity index (χ3n) is 10.00. The molecular weight excluding hydrogens is 620 g/mol. The minimum atomic E-state index is -0.814. The first kappa shape index (κ1) is 34.4. The molecule has 2 aliphatic heterocycles. The van der Waals surface area contributed by atoms with Gasteiger partial charge >= 0.3 is 12.1 Å². The van der Waals surface area contributed by atoms with Gasteiger partial charge in [-0.3, -0.25) is 9.59 Å². The van der Waals surface area contributed by atoms with E-state index in [0.29, 0.717) is 52.4 Å². The lowest BCUT2D eigenvalue weighted by Crippen LogP contribution is -2.53. The number of para-hydroxylation sites is 1. The quantitative estimate of drug-likeness (QED) is 0.229. The van der Waals surface area contributed by atoms with E-state index >= 15 is 0 Å². The number of hydrogen-bond donors (Lipinski definition) is 1. The van der Waals surface area contributed by atoms with Gasteiger partial charge in [-0.15, -0.1) is 0 Å². The Kier molecular flexibility index (Phi) is 9.97. The number of pyridine rings is 1.